The van der Waals surface area contributed by atoms with Gasteiger partial charge in [-0.2, -0.15) is 0 Å². The lowest BCUT2D eigenvalue weighted by Gasteiger charge is -2.48. The highest BCUT2D eigenvalue weighted by molar-refractivity contribution is 5.87. The number of benzene rings is 1. The summed E-state index contributed by atoms with van der Waals surface area (Å²) >= 11 is 0. The summed E-state index contributed by atoms with van der Waals surface area (Å²) in [4.78, 5) is 12.4. The van der Waals surface area contributed by atoms with Crippen molar-refractivity contribution in [3.05, 3.63) is 28.8 Å². The molecule has 114 valence electrons. The summed E-state index contributed by atoms with van der Waals surface area (Å²) in [7, 11) is 0. The van der Waals surface area contributed by atoms with Crippen LogP contribution in [-0.2, 0) is 11.2 Å². The fourth-order valence-electron chi connectivity index (χ4n) is 5.60. The Morgan fingerprint density at radius 2 is 2.09 bits per heavy atom. The summed E-state index contributed by atoms with van der Waals surface area (Å²) in [5.74, 6) is 5.11. The minimum Gasteiger partial charge on any atom is -0.508 e. The van der Waals surface area contributed by atoms with Gasteiger partial charge in [0.2, 0.25) is 0 Å². The first-order valence-electron chi connectivity index (χ1n) is 8.40. The summed E-state index contributed by atoms with van der Waals surface area (Å²) in [6, 6.07) is 3.62. The lowest BCUT2D eigenvalue weighted by molar-refractivity contribution is -0.129. The van der Waals surface area contributed by atoms with Crippen molar-refractivity contribution in [1.82, 2.24) is 0 Å². The molecule has 0 saturated heterocycles. The number of rotatable bonds is 0. The van der Waals surface area contributed by atoms with Crippen molar-refractivity contribution in [2.75, 3.05) is 0 Å². The van der Waals surface area contributed by atoms with Crippen LogP contribution in [0.4, 0.5) is 0 Å². The second kappa shape index (κ2) is 4.62. The molecule has 0 aromatic heterocycles. The largest absolute Gasteiger partial charge is 0.508 e. The van der Waals surface area contributed by atoms with E-state index in [4.69, 9.17) is 6.42 Å². The van der Waals surface area contributed by atoms with Gasteiger partial charge in [0, 0.05) is 17.4 Å². The standard InChI is InChI=1S/C20H22O2/c1-3-12-10-14(21)11-13-4-5-15-16(19(12)13)8-9-20(2)17(15)6-7-18(20)22/h1,10-11,15-17,21H,4-9H2,2H3/t15-,16+,17+,20+/m1/s1. The Labute approximate surface area is 131 Å². The van der Waals surface area contributed by atoms with Crippen LogP contribution in [-0.4, -0.2) is 10.9 Å². The van der Waals surface area contributed by atoms with E-state index in [1.165, 1.54) is 11.1 Å². The van der Waals surface area contributed by atoms with Crippen LogP contribution >= 0.6 is 0 Å². The topological polar surface area (TPSA) is 37.3 Å². The molecular weight excluding hydrogens is 272 g/mol. The summed E-state index contributed by atoms with van der Waals surface area (Å²) in [6.07, 6.45) is 11.6. The second-order valence-electron chi connectivity index (χ2n) is 7.54. The summed E-state index contributed by atoms with van der Waals surface area (Å²) in [6.45, 7) is 2.19. The molecular formula is C20H22O2. The van der Waals surface area contributed by atoms with Crippen LogP contribution in [0.3, 0.4) is 0 Å². The molecule has 0 radical (unpaired) electrons. The highest BCUT2D eigenvalue weighted by Gasteiger charge is 2.54. The number of aryl methyl sites for hydroxylation is 1. The number of fused-ring (bicyclic) bond motifs is 5. The summed E-state index contributed by atoms with van der Waals surface area (Å²) < 4.78 is 0. The number of terminal acetylenes is 1. The minimum absolute atomic E-state index is 0.0914. The van der Waals surface area contributed by atoms with Crippen molar-refractivity contribution in [3.63, 3.8) is 0 Å². The molecule has 4 rings (SSSR count). The third kappa shape index (κ3) is 1.72. The lowest BCUT2D eigenvalue weighted by Crippen LogP contribution is -2.42. The van der Waals surface area contributed by atoms with Gasteiger partial charge < -0.3 is 5.11 Å². The number of hydrogen-bond donors (Lipinski definition) is 1. The number of aromatic hydroxyl groups is 1. The maximum Gasteiger partial charge on any atom is 0.139 e. The molecule has 2 saturated carbocycles. The van der Waals surface area contributed by atoms with Crippen molar-refractivity contribution in [3.8, 4) is 18.1 Å². The maximum absolute atomic E-state index is 12.4. The van der Waals surface area contributed by atoms with Gasteiger partial charge in [-0.05, 0) is 73.1 Å². The van der Waals surface area contributed by atoms with Gasteiger partial charge in [-0.3, -0.25) is 4.79 Å². The third-order valence-electron chi connectivity index (χ3n) is 6.67. The van der Waals surface area contributed by atoms with Crippen LogP contribution in [0.2, 0.25) is 0 Å². The Hall–Kier alpha value is -1.75. The van der Waals surface area contributed by atoms with E-state index < -0.39 is 0 Å². The molecule has 1 N–H and O–H groups in total. The molecule has 2 fully saturated rings. The molecule has 2 heteroatoms. The molecule has 0 amide bonds. The molecule has 1 aromatic rings. The average Bonchev–Trinajstić information content (AvgIpc) is 2.81. The maximum atomic E-state index is 12.4. The van der Waals surface area contributed by atoms with E-state index in [1.807, 2.05) is 6.07 Å². The van der Waals surface area contributed by atoms with Crippen LogP contribution in [0.5, 0.6) is 5.75 Å². The smallest absolute Gasteiger partial charge is 0.139 e. The Bertz CT molecular complexity index is 696. The van der Waals surface area contributed by atoms with E-state index in [0.29, 0.717) is 23.5 Å². The summed E-state index contributed by atoms with van der Waals surface area (Å²) in [5.41, 5.74) is 3.28. The number of hydrogen-bond acceptors (Lipinski definition) is 2. The molecule has 0 aliphatic heterocycles. The SMILES string of the molecule is C#Cc1cc(O)cc2c1[C@H]1CC[C@]3(C)C(=O)CC[C@H]3[C@@H]1CC2. The van der Waals surface area contributed by atoms with Crippen LogP contribution < -0.4 is 0 Å². The first kappa shape index (κ1) is 13.9. The quantitative estimate of drug-likeness (QED) is 0.739. The Balaban J connectivity index is 1.79. The number of ketones is 1. The van der Waals surface area contributed by atoms with Crippen LogP contribution in [0.15, 0.2) is 12.1 Å². The van der Waals surface area contributed by atoms with Gasteiger partial charge in [0.25, 0.3) is 0 Å². The van der Waals surface area contributed by atoms with Gasteiger partial charge in [-0.25, -0.2) is 0 Å². The predicted octanol–water partition coefficient (Wildman–Crippen LogP) is 3.80. The van der Waals surface area contributed by atoms with Crippen molar-refractivity contribution in [1.29, 1.82) is 0 Å². The first-order valence-corrected chi connectivity index (χ1v) is 8.40. The van der Waals surface area contributed by atoms with E-state index in [0.717, 1.165) is 44.1 Å². The number of phenolic OH excluding ortho intramolecular Hbond substituents is 1. The van der Waals surface area contributed by atoms with Crippen LogP contribution in [0, 0.1) is 29.6 Å². The van der Waals surface area contributed by atoms with Gasteiger partial charge in [-0.15, -0.1) is 6.42 Å². The van der Waals surface area contributed by atoms with Crippen molar-refractivity contribution >= 4 is 5.78 Å². The Morgan fingerprint density at radius 3 is 2.86 bits per heavy atom. The lowest BCUT2D eigenvalue weighted by atomic mass is 9.55. The van der Waals surface area contributed by atoms with Crippen molar-refractivity contribution in [2.24, 2.45) is 17.3 Å². The van der Waals surface area contributed by atoms with Gasteiger partial charge >= 0.3 is 0 Å². The molecule has 0 spiro atoms. The minimum atomic E-state index is -0.0914. The molecule has 4 atom stereocenters. The van der Waals surface area contributed by atoms with E-state index in [2.05, 4.69) is 12.8 Å². The normalized spacial score (nSPS) is 36.2. The van der Waals surface area contributed by atoms with Gasteiger partial charge in [0.05, 0.1) is 0 Å². The molecule has 3 aliphatic rings. The number of phenols is 1. The zero-order valence-electron chi connectivity index (χ0n) is 13.1. The van der Waals surface area contributed by atoms with E-state index in [9.17, 15) is 9.90 Å². The molecule has 1 aromatic carbocycles. The zero-order valence-corrected chi connectivity index (χ0v) is 13.1. The van der Waals surface area contributed by atoms with Crippen molar-refractivity contribution < 1.29 is 9.90 Å². The van der Waals surface area contributed by atoms with E-state index in [1.54, 1.807) is 6.07 Å². The Kier molecular flexibility index (Phi) is 2.92. The van der Waals surface area contributed by atoms with E-state index >= 15 is 0 Å². The van der Waals surface area contributed by atoms with Gasteiger partial charge in [0.1, 0.15) is 11.5 Å². The molecule has 3 aliphatic carbocycles. The van der Waals surface area contributed by atoms with Crippen molar-refractivity contribution in [2.45, 2.75) is 51.4 Å². The predicted molar refractivity (Wildman–Crippen MR) is 85.7 cm³/mol. The molecule has 0 bridgehead atoms. The van der Waals surface area contributed by atoms with Gasteiger partial charge in [-0.1, -0.05) is 12.8 Å². The highest BCUT2D eigenvalue weighted by atomic mass is 16.3. The fraction of sp³-hybridized carbons (Fsp3) is 0.550. The third-order valence-corrected chi connectivity index (χ3v) is 6.67. The monoisotopic (exact) mass is 294 g/mol. The van der Waals surface area contributed by atoms with E-state index in [-0.39, 0.29) is 11.2 Å². The first-order chi connectivity index (χ1) is 10.5. The number of carbonyl (C=O) groups is 1. The van der Waals surface area contributed by atoms with Crippen LogP contribution in [0.1, 0.15) is 61.6 Å². The fourth-order valence-corrected chi connectivity index (χ4v) is 5.60. The van der Waals surface area contributed by atoms with Crippen LogP contribution in [0.25, 0.3) is 0 Å². The number of Topliss-reactive ketones (excluding diaryl/α,β-unsaturated/α-hetero) is 1. The average molecular weight is 294 g/mol. The Morgan fingerprint density at radius 1 is 1.27 bits per heavy atom. The summed E-state index contributed by atoms with van der Waals surface area (Å²) in [5, 5.41) is 9.88. The molecule has 0 heterocycles. The highest BCUT2D eigenvalue weighted by Crippen LogP contribution is 2.60. The molecule has 22 heavy (non-hydrogen) atoms. The second-order valence-corrected chi connectivity index (χ2v) is 7.54. The van der Waals surface area contributed by atoms with Gasteiger partial charge in [0.15, 0.2) is 0 Å². The molecule has 2 nitrogen and oxygen atoms in total. The zero-order chi connectivity index (χ0) is 15.5. The molecule has 0 unspecified atom stereocenters. The number of carbonyl (C=O) groups excluding carboxylic acids is 1.